The number of methoxy groups -OCH3 is 1. The Kier molecular flexibility index (Phi) is 6.70. The fraction of sp³-hybridized carbons (Fsp3) is 0.100. The van der Waals surface area contributed by atoms with Crippen LogP contribution in [-0.4, -0.2) is 45.9 Å². The van der Waals surface area contributed by atoms with Gasteiger partial charge in [0.2, 0.25) is 0 Å². The number of carbonyl (C=O) groups is 3. The summed E-state index contributed by atoms with van der Waals surface area (Å²) in [4.78, 5) is 36.3. The van der Waals surface area contributed by atoms with E-state index in [0.717, 1.165) is 16.8 Å². The predicted octanol–water partition coefficient (Wildman–Crippen LogP) is 2.70. The molecule has 1 heterocycles. The van der Waals surface area contributed by atoms with Crippen molar-refractivity contribution in [2.24, 2.45) is 0 Å². The monoisotopic (exact) mass is 444 g/mol. The molecule has 0 unspecified atom stereocenters. The van der Waals surface area contributed by atoms with Gasteiger partial charge in [0, 0.05) is 11.1 Å². The summed E-state index contributed by atoms with van der Waals surface area (Å²) in [5.74, 6) is -1.32. The summed E-state index contributed by atoms with van der Waals surface area (Å²) >= 11 is 6.24. The molecule has 2 aromatic carbocycles. The lowest BCUT2D eigenvalue weighted by Gasteiger charge is -2.15. The number of thiocarbonyl (C=S) groups is 1. The van der Waals surface area contributed by atoms with Gasteiger partial charge in [0.15, 0.2) is 10.9 Å². The Morgan fingerprint density at radius 1 is 1.23 bits per heavy atom. The molecular weight excluding hydrogens is 428 g/mol. The molecule has 0 spiro atoms. The van der Waals surface area contributed by atoms with Gasteiger partial charge in [-0.15, -0.1) is 0 Å². The Bertz CT molecular complexity index is 1050. The first kappa shape index (κ1) is 21.3. The van der Waals surface area contributed by atoms with Crippen LogP contribution in [0, 0.1) is 0 Å². The molecule has 1 aliphatic heterocycles. The first-order valence-corrected chi connectivity index (χ1v) is 9.78. The highest BCUT2D eigenvalue weighted by molar-refractivity contribution is 8.26. The van der Waals surface area contributed by atoms with E-state index in [1.165, 1.54) is 13.2 Å². The summed E-state index contributed by atoms with van der Waals surface area (Å²) in [5.41, 5.74) is 3.31. The summed E-state index contributed by atoms with van der Waals surface area (Å²) in [7, 11) is 1.49. The summed E-state index contributed by atoms with van der Waals surface area (Å²) in [6.45, 7) is -0.511. The summed E-state index contributed by atoms with van der Waals surface area (Å²) < 4.78 is 10.5. The Morgan fingerprint density at radius 3 is 2.73 bits per heavy atom. The molecule has 1 saturated heterocycles. The summed E-state index contributed by atoms with van der Waals surface area (Å²) in [6, 6.07) is 13.2. The molecule has 0 aliphatic carbocycles. The van der Waals surface area contributed by atoms with Gasteiger partial charge in [-0.05, 0) is 42.6 Å². The highest BCUT2D eigenvalue weighted by Crippen LogP contribution is 2.33. The van der Waals surface area contributed by atoms with Crippen molar-refractivity contribution in [3.63, 3.8) is 0 Å². The van der Waals surface area contributed by atoms with Crippen LogP contribution in [0.4, 0.5) is 0 Å². The van der Waals surface area contributed by atoms with Gasteiger partial charge < -0.3 is 14.6 Å². The number of carboxylic acid groups (broad SMARTS) is 1. The number of thioether (sulfide) groups is 1. The van der Waals surface area contributed by atoms with Gasteiger partial charge in [-0.25, -0.2) is 4.79 Å². The van der Waals surface area contributed by atoms with Crippen LogP contribution in [0.2, 0.25) is 0 Å². The molecule has 154 valence electrons. The van der Waals surface area contributed by atoms with Crippen LogP contribution in [0.3, 0.4) is 0 Å². The number of benzene rings is 2. The molecule has 10 heteroatoms. The normalized spacial score (nSPS) is 14.7. The van der Waals surface area contributed by atoms with E-state index in [4.69, 9.17) is 26.8 Å². The van der Waals surface area contributed by atoms with Crippen LogP contribution in [0.25, 0.3) is 6.08 Å². The Hall–Kier alpha value is -3.37. The number of rotatable bonds is 7. The zero-order chi connectivity index (χ0) is 21.7. The zero-order valence-electron chi connectivity index (χ0n) is 15.7. The van der Waals surface area contributed by atoms with Crippen molar-refractivity contribution in [2.45, 2.75) is 0 Å². The molecule has 1 aliphatic rings. The van der Waals surface area contributed by atoms with Crippen molar-refractivity contribution >= 4 is 52.2 Å². The van der Waals surface area contributed by atoms with Crippen LogP contribution >= 0.6 is 24.0 Å². The highest BCUT2D eigenvalue weighted by Gasteiger charge is 2.34. The molecule has 2 amide bonds. The van der Waals surface area contributed by atoms with Crippen molar-refractivity contribution in [3.05, 3.63) is 64.6 Å². The Labute approximate surface area is 181 Å². The van der Waals surface area contributed by atoms with Crippen LogP contribution in [0.15, 0.2) is 53.4 Å². The number of nitrogens with one attached hydrogen (secondary N) is 1. The second-order valence-electron chi connectivity index (χ2n) is 5.91. The third-order valence-electron chi connectivity index (χ3n) is 3.90. The number of hydrazine groups is 1. The maximum Gasteiger partial charge on any atom is 0.341 e. The number of para-hydroxylation sites is 1. The maximum absolute atomic E-state index is 12.8. The van der Waals surface area contributed by atoms with Crippen LogP contribution in [0.1, 0.15) is 15.9 Å². The lowest BCUT2D eigenvalue weighted by atomic mass is 10.2. The van der Waals surface area contributed by atoms with Crippen molar-refractivity contribution < 1.29 is 29.0 Å². The topological polar surface area (TPSA) is 105 Å². The van der Waals surface area contributed by atoms with Crippen molar-refractivity contribution in [1.29, 1.82) is 0 Å². The Morgan fingerprint density at radius 2 is 2.00 bits per heavy atom. The second kappa shape index (κ2) is 9.42. The van der Waals surface area contributed by atoms with Gasteiger partial charge in [-0.3, -0.25) is 15.0 Å². The number of hydrogen-bond donors (Lipinski definition) is 2. The van der Waals surface area contributed by atoms with Gasteiger partial charge in [0.05, 0.1) is 12.0 Å². The predicted molar refractivity (Wildman–Crippen MR) is 115 cm³/mol. The largest absolute Gasteiger partial charge is 0.497 e. The van der Waals surface area contributed by atoms with Gasteiger partial charge in [0.1, 0.15) is 11.5 Å². The molecule has 0 bridgehead atoms. The van der Waals surface area contributed by atoms with E-state index in [2.05, 4.69) is 5.43 Å². The lowest BCUT2D eigenvalue weighted by molar-refractivity contribution is -0.139. The zero-order valence-corrected chi connectivity index (χ0v) is 17.3. The maximum atomic E-state index is 12.8. The van der Waals surface area contributed by atoms with E-state index >= 15 is 0 Å². The number of ether oxygens (including phenoxy) is 2. The lowest BCUT2D eigenvalue weighted by Crippen LogP contribution is -2.44. The van der Waals surface area contributed by atoms with E-state index in [9.17, 15) is 14.4 Å². The van der Waals surface area contributed by atoms with Crippen LogP contribution in [0.5, 0.6) is 11.5 Å². The molecule has 1 fully saturated rings. The third kappa shape index (κ3) is 4.97. The minimum absolute atomic E-state index is 0.159. The number of nitrogens with zero attached hydrogens (tertiary/aromatic N) is 1. The quantitative estimate of drug-likeness (QED) is 0.496. The standard InChI is InChI=1S/C20H16N2O6S2/c1-27-14-7-4-6-13(9-14)18(25)21-22-19(26)16(30-20(22)29)10-12-5-2-3-8-15(12)28-11-17(23)24/h2-10H,11H2,1H3,(H,21,25)(H,23,24)/b16-10+. The molecule has 8 nitrogen and oxygen atoms in total. The molecule has 2 aromatic rings. The van der Waals surface area contributed by atoms with Gasteiger partial charge in [-0.2, -0.15) is 5.01 Å². The van der Waals surface area contributed by atoms with Gasteiger partial charge in [-0.1, -0.05) is 36.0 Å². The minimum Gasteiger partial charge on any atom is -0.497 e. The van der Waals surface area contributed by atoms with Crippen LogP contribution < -0.4 is 14.9 Å². The van der Waals surface area contributed by atoms with Crippen LogP contribution in [-0.2, 0) is 9.59 Å². The molecule has 0 radical (unpaired) electrons. The highest BCUT2D eigenvalue weighted by atomic mass is 32.2. The molecule has 2 N–H and O–H groups in total. The number of carboxylic acids is 1. The molecule has 0 aromatic heterocycles. The second-order valence-corrected chi connectivity index (χ2v) is 7.59. The average molecular weight is 444 g/mol. The molecular formula is C20H16N2O6S2. The first-order valence-electron chi connectivity index (χ1n) is 8.55. The minimum atomic E-state index is -1.11. The van der Waals surface area contributed by atoms with Crippen molar-refractivity contribution in [3.8, 4) is 11.5 Å². The van der Waals surface area contributed by atoms with Gasteiger partial charge in [0.25, 0.3) is 11.8 Å². The number of hydrogen-bond acceptors (Lipinski definition) is 7. The van der Waals surface area contributed by atoms with E-state index < -0.39 is 24.4 Å². The van der Waals surface area contributed by atoms with Crippen molar-refractivity contribution in [1.82, 2.24) is 10.4 Å². The fourth-order valence-corrected chi connectivity index (χ4v) is 3.68. The number of aliphatic carboxylic acids is 1. The third-order valence-corrected chi connectivity index (χ3v) is 5.20. The van der Waals surface area contributed by atoms with Crippen molar-refractivity contribution in [2.75, 3.05) is 13.7 Å². The smallest absolute Gasteiger partial charge is 0.341 e. The van der Waals surface area contributed by atoms with E-state index in [1.54, 1.807) is 48.5 Å². The molecule has 0 saturated carbocycles. The Balaban J connectivity index is 1.78. The molecule has 30 heavy (non-hydrogen) atoms. The van der Waals surface area contributed by atoms with Gasteiger partial charge >= 0.3 is 5.97 Å². The summed E-state index contributed by atoms with van der Waals surface area (Å²) in [6.07, 6.45) is 1.54. The molecule has 0 atom stereocenters. The SMILES string of the molecule is COc1cccc(C(=O)NN2C(=O)/C(=C\c3ccccc3OCC(=O)O)SC2=S)c1. The van der Waals surface area contributed by atoms with E-state index in [1.807, 2.05) is 0 Å². The summed E-state index contributed by atoms with van der Waals surface area (Å²) in [5, 5.41) is 9.80. The fourth-order valence-electron chi connectivity index (χ4n) is 2.51. The van der Waals surface area contributed by atoms with E-state index in [0.29, 0.717) is 22.6 Å². The number of amides is 2. The molecule has 3 rings (SSSR count). The number of carbonyl (C=O) groups excluding carboxylic acids is 2. The first-order chi connectivity index (χ1) is 14.4. The average Bonchev–Trinajstić information content (AvgIpc) is 3.00. The van der Waals surface area contributed by atoms with E-state index in [-0.39, 0.29) is 9.23 Å².